The van der Waals surface area contributed by atoms with Crippen LogP contribution in [-0.2, 0) is 22.5 Å². The lowest BCUT2D eigenvalue weighted by Gasteiger charge is -2.22. The van der Waals surface area contributed by atoms with Crippen LogP contribution < -0.4 is 4.90 Å². The van der Waals surface area contributed by atoms with E-state index in [9.17, 15) is 4.79 Å². The molecule has 0 saturated carbocycles. The minimum atomic E-state index is 0.0725. The number of benzene rings is 1. The van der Waals surface area contributed by atoms with E-state index in [2.05, 4.69) is 23.2 Å². The molecule has 0 spiro atoms. The molecule has 1 aromatic carbocycles. The van der Waals surface area contributed by atoms with Gasteiger partial charge in [0.05, 0.1) is 25.2 Å². The SMILES string of the molecule is COCCn1c(SCC(=O)N2c3ccccc3CC2C)nnc1-c1ccco1. The number of aromatic nitrogens is 3. The van der Waals surface area contributed by atoms with Crippen molar-refractivity contribution in [2.45, 2.75) is 31.1 Å². The Labute approximate surface area is 167 Å². The molecule has 2 aromatic heterocycles. The van der Waals surface area contributed by atoms with E-state index < -0.39 is 0 Å². The van der Waals surface area contributed by atoms with Crippen molar-refractivity contribution in [1.29, 1.82) is 0 Å². The first kappa shape index (κ1) is 18.8. The Kier molecular flexibility index (Phi) is 5.50. The summed E-state index contributed by atoms with van der Waals surface area (Å²) in [6, 6.07) is 11.9. The summed E-state index contributed by atoms with van der Waals surface area (Å²) in [5, 5.41) is 9.21. The molecule has 1 atom stereocenters. The van der Waals surface area contributed by atoms with Crippen molar-refractivity contribution in [1.82, 2.24) is 14.8 Å². The first-order chi connectivity index (χ1) is 13.7. The summed E-state index contributed by atoms with van der Waals surface area (Å²) in [6.07, 6.45) is 2.49. The van der Waals surface area contributed by atoms with Crippen LogP contribution in [0.1, 0.15) is 12.5 Å². The van der Waals surface area contributed by atoms with Crippen LogP contribution in [-0.4, -0.2) is 46.2 Å². The van der Waals surface area contributed by atoms with Crippen LogP contribution in [0, 0.1) is 0 Å². The molecule has 8 heteroatoms. The second-order valence-corrected chi connectivity index (χ2v) is 7.60. The van der Waals surface area contributed by atoms with Gasteiger partial charge in [-0.05, 0) is 37.1 Å². The summed E-state index contributed by atoms with van der Waals surface area (Å²) in [6.45, 7) is 3.18. The van der Waals surface area contributed by atoms with Gasteiger partial charge in [-0.15, -0.1) is 10.2 Å². The smallest absolute Gasteiger partial charge is 0.237 e. The Bertz CT molecular complexity index is 954. The van der Waals surface area contributed by atoms with Gasteiger partial charge in [0.25, 0.3) is 0 Å². The molecule has 7 nitrogen and oxygen atoms in total. The number of hydrogen-bond acceptors (Lipinski definition) is 6. The summed E-state index contributed by atoms with van der Waals surface area (Å²) in [7, 11) is 1.65. The fourth-order valence-corrected chi connectivity index (χ4v) is 4.33. The van der Waals surface area contributed by atoms with Gasteiger partial charge in [0.2, 0.25) is 11.7 Å². The molecule has 3 heterocycles. The standard InChI is InChI=1S/C20H22N4O3S/c1-14-12-15-6-3-4-7-16(15)24(14)18(25)13-28-20-22-21-19(17-8-5-10-27-17)23(20)9-11-26-2/h3-8,10,14H,9,11-13H2,1-2H3. The Morgan fingerprint density at radius 1 is 1.29 bits per heavy atom. The highest BCUT2D eigenvalue weighted by atomic mass is 32.2. The molecule has 0 fully saturated rings. The fraction of sp³-hybridized carbons (Fsp3) is 0.350. The predicted molar refractivity (Wildman–Crippen MR) is 107 cm³/mol. The van der Waals surface area contributed by atoms with Crippen molar-refractivity contribution < 1.29 is 13.9 Å². The van der Waals surface area contributed by atoms with E-state index in [-0.39, 0.29) is 11.9 Å². The van der Waals surface area contributed by atoms with Crippen molar-refractivity contribution in [3.05, 3.63) is 48.2 Å². The number of methoxy groups -OCH3 is 1. The predicted octanol–water partition coefficient (Wildman–Crippen LogP) is 3.25. The lowest BCUT2D eigenvalue weighted by atomic mass is 10.1. The van der Waals surface area contributed by atoms with E-state index in [0.29, 0.717) is 35.6 Å². The molecule has 0 saturated heterocycles. The van der Waals surface area contributed by atoms with Crippen LogP contribution >= 0.6 is 11.8 Å². The molecule has 28 heavy (non-hydrogen) atoms. The van der Waals surface area contributed by atoms with E-state index in [1.807, 2.05) is 39.8 Å². The Morgan fingerprint density at radius 2 is 2.14 bits per heavy atom. The van der Waals surface area contributed by atoms with Crippen LogP contribution in [0.3, 0.4) is 0 Å². The number of anilines is 1. The van der Waals surface area contributed by atoms with Crippen molar-refractivity contribution in [3.63, 3.8) is 0 Å². The van der Waals surface area contributed by atoms with Gasteiger partial charge in [-0.1, -0.05) is 30.0 Å². The minimum Gasteiger partial charge on any atom is -0.461 e. The third-order valence-corrected chi connectivity index (χ3v) is 5.73. The molecule has 1 aliphatic rings. The molecular formula is C20H22N4O3S. The van der Waals surface area contributed by atoms with Gasteiger partial charge in [0, 0.05) is 18.8 Å². The Hall–Kier alpha value is -2.58. The van der Waals surface area contributed by atoms with Crippen molar-refractivity contribution in [2.24, 2.45) is 0 Å². The summed E-state index contributed by atoms with van der Waals surface area (Å²) in [4.78, 5) is 14.9. The largest absolute Gasteiger partial charge is 0.461 e. The number of para-hydroxylation sites is 1. The normalized spacial score (nSPS) is 15.8. The molecule has 0 N–H and O–H groups in total. The summed E-state index contributed by atoms with van der Waals surface area (Å²) < 4.78 is 12.6. The van der Waals surface area contributed by atoms with Gasteiger partial charge in [0.15, 0.2) is 10.9 Å². The first-order valence-electron chi connectivity index (χ1n) is 9.18. The number of ether oxygens (including phenoxy) is 1. The molecule has 0 radical (unpaired) electrons. The first-order valence-corrected chi connectivity index (χ1v) is 10.2. The van der Waals surface area contributed by atoms with Crippen molar-refractivity contribution >= 4 is 23.4 Å². The third-order valence-electron chi connectivity index (χ3n) is 4.78. The zero-order valence-electron chi connectivity index (χ0n) is 15.9. The van der Waals surface area contributed by atoms with Crippen LogP contribution in [0.15, 0.2) is 52.2 Å². The van der Waals surface area contributed by atoms with Gasteiger partial charge < -0.3 is 14.1 Å². The number of amides is 1. The highest BCUT2D eigenvalue weighted by molar-refractivity contribution is 7.99. The molecular weight excluding hydrogens is 376 g/mol. The molecule has 146 valence electrons. The Balaban J connectivity index is 1.51. The summed E-state index contributed by atoms with van der Waals surface area (Å²) in [5.41, 5.74) is 2.23. The summed E-state index contributed by atoms with van der Waals surface area (Å²) in [5.74, 6) is 1.64. The van der Waals surface area contributed by atoms with Crippen LogP contribution in [0.4, 0.5) is 5.69 Å². The van der Waals surface area contributed by atoms with E-state index in [0.717, 1.165) is 12.1 Å². The van der Waals surface area contributed by atoms with Gasteiger partial charge in [0.1, 0.15) is 0 Å². The van der Waals surface area contributed by atoms with Crippen LogP contribution in [0.5, 0.6) is 0 Å². The molecule has 3 aromatic rings. The van der Waals surface area contributed by atoms with E-state index in [4.69, 9.17) is 9.15 Å². The molecule has 0 aliphatic carbocycles. The average Bonchev–Trinajstić information content (AvgIpc) is 3.41. The average molecular weight is 398 g/mol. The van der Waals surface area contributed by atoms with E-state index >= 15 is 0 Å². The zero-order chi connectivity index (χ0) is 19.5. The van der Waals surface area contributed by atoms with Gasteiger partial charge in [-0.3, -0.25) is 9.36 Å². The van der Waals surface area contributed by atoms with E-state index in [1.165, 1.54) is 17.3 Å². The van der Waals surface area contributed by atoms with Crippen LogP contribution in [0.2, 0.25) is 0 Å². The number of fused-ring (bicyclic) bond motifs is 1. The second kappa shape index (κ2) is 8.20. The van der Waals surface area contributed by atoms with Gasteiger partial charge in [-0.25, -0.2) is 0 Å². The molecule has 1 aliphatic heterocycles. The van der Waals surface area contributed by atoms with Gasteiger partial charge in [-0.2, -0.15) is 0 Å². The molecule has 4 rings (SSSR count). The quantitative estimate of drug-likeness (QED) is 0.569. The number of carbonyl (C=O) groups is 1. The maximum absolute atomic E-state index is 13.0. The lowest BCUT2D eigenvalue weighted by molar-refractivity contribution is -0.116. The van der Waals surface area contributed by atoms with Crippen molar-refractivity contribution in [3.8, 4) is 11.6 Å². The monoisotopic (exact) mass is 398 g/mol. The van der Waals surface area contributed by atoms with E-state index in [1.54, 1.807) is 13.4 Å². The number of hydrogen-bond donors (Lipinski definition) is 0. The molecule has 1 unspecified atom stereocenters. The second-order valence-electron chi connectivity index (χ2n) is 6.66. The molecule has 0 bridgehead atoms. The highest BCUT2D eigenvalue weighted by Crippen LogP contribution is 2.33. The fourth-order valence-electron chi connectivity index (χ4n) is 3.51. The number of thioether (sulfide) groups is 1. The number of carbonyl (C=O) groups excluding carboxylic acids is 1. The zero-order valence-corrected chi connectivity index (χ0v) is 16.7. The third kappa shape index (κ3) is 3.57. The van der Waals surface area contributed by atoms with Gasteiger partial charge >= 0.3 is 0 Å². The van der Waals surface area contributed by atoms with Crippen LogP contribution in [0.25, 0.3) is 11.6 Å². The van der Waals surface area contributed by atoms with Crippen molar-refractivity contribution in [2.75, 3.05) is 24.4 Å². The lowest BCUT2D eigenvalue weighted by Crippen LogP contribution is -2.37. The Morgan fingerprint density at radius 3 is 2.93 bits per heavy atom. The molecule has 1 amide bonds. The maximum atomic E-state index is 13.0. The number of nitrogens with zero attached hydrogens (tertiary/aromatic N) is 4. The number of furan rings is 1. The maximum Gasteiger partial charge on any atom is 0.237 e. The topological polar surface area (TPSA) is 73.4 Å². The highest BCUT2D eigenvalue weighted by Gasteiger charge is 2.30. The summed E-state index contributed by atoms with van der Waals surface area (Å²) >= 11 is 1.39. The number of rotatable bonds is 7. The minimum absolute atomic E-state index is 0.0725.